The highest BCUT2D eigenvalue weighted by Gasteiger charge is 2.10. The molecular formula is C20H45NO3S. The van der Waals surface area contributed by atoms with Gasteiger partial charge in [0.2, 0.25) is 0 Å². The van der Waals surface area contributed by atoms with Crippen molar-refractivity contribution in [3.8, 4) is 0 Å². The Morgan fingerprint density at radius 1 is 0.560 bits per heavy atom. The lowest BCUT2D eigenvalue weighted by atomic mass is 10.1. The van der Waals surface area contributed by atoms with Gasteiger partial charge in [-0.2, -0.15) is 8.42 Å². The van der Waals surface area contributed by atoms with Gasteiger partial charge in [-0.05, 0) is 12.8 Å². The standard InChI is InChI=1S/C20H42O3S.H3N/c1-3-5-7-9-11-13-15-17-19-23-24(21,22)20-18-16-14-12-10-8-6-4-2;/h3-20H2,1-2H3;1H3. The van der Waals surface area contributed by atoms with E-state index >= 15 is 0 Å². The first kappa shape index (κ1) is 27.1. The van der Waals surface area contributed by atoms with E-state index in [1.165, 1.54) is 70.6 Å². The van der Waals surface area contributed by atoms with E-state index in [9.17, 15) is 8.42 Å². The highest BCUT2D eigenvalue weighted by molar-refractivity contribution is 7.86. The van der Waals surface area contributed by atoms with Gasteiger partial charge < -0.3 is 6.15 Å². The second kappa shape index (κ2) is 20.2. The third-order valence-electron chi connectivity index (χ3n) is 4.51. The van der Waals surface area contributed by atoms with E-state index < -0.39 is 10.1 Å². The monoisotopic (exact) mass is 379 g/mol. The number of hydrogen-bond acceptors (Lipinski definition) is 4. The van der Waals surface area contributed by atoms with Crippen LogP contribution in [0.3, 0.4) is 0 Å². The van der Waals surface area contributed by atoms with Crippen LogP contribution < -0.4 is 6.15 Å². The van der Waals surface area contributed by atoms with Crippen LogP contribution in [-0.4, -0.2) is 20.8 Å². The average molecular weight is 380 g/mol. The lowest BCUT2D eigenvalue weighted by Gasteiger charge is -2.06. The molecule has 3 N–H and O–H groups in total. The van der Waals surface area contributed by atoms with Crippen LogP contribution in [0.1, 0.15) is 117 Å². The average Bonchev–Trinajstić information content (AvgIpc) is 2.55. The fourth-order valence-corrected chi connectivity index (χ4v) is 3.94. The Kier molecular flexibility index (Phi) is 21.9. The van der Waals surface area contributed by atoms with E-state index in [1.807, 2.05) is 0 Å². The maximum atomic E-state index is 11.8. The second-order valence-electron chi connectivity index (χ2n) is 7.03. The first-order valence-corrected chi connectivity index (χ1v) is 12.1. The van der Waals surface area contributed by atoms with Gasteiger partial charge in [-0.1, -0.05) is 104 Å². The van der Waals surface area contributed by atoms with Crippen LogP contribution in [0.4, 0.5) is 0 Å². The van der Waals surface area contributed by atoms with Gasteiger partial charge >= 0.3 is 0 Å². The Hall–Kier alpha value is -0.130. The summed E-state index contributed by atoms with van der Waals surface area (Å²) in [6.07, 6.45) is 19.0. The number of unbranched alkanes of at least 4 members (excludes halogenated alkanes) is 14. The predicted molar refractivity (Wildman–Crippen MR) is 110 cm³/mol. The number of hydrogen-bond donors (Lipinski definition) is 1. The molecule has 0 aromatic carbocycles. The summed E-state index contributed by atoms with van der Waals surface area (Å²) in [5.41, 5.74) is 0. The molecular weight excluding hydrogens is 334 g/mol. The second-order valence-corrected chi connectivity index (χ2v) is 8.79. The van der Waals surface area contributed by atoms with Gasteiger partial charge in [-0.25, -0.2) is 0 Å². The molecule has 0 aliphatic heterocycles. The van der Waals surface area contributed by atoms with Crippen molar-refractivity contribution in [3.63, 3.8) is 0 Å². The van der Waals surface area contributed by atoms with Gasteiger partial charge in [-0.3, -0.25) is 4.18 Å². The van der Waals surface area contributed by atoms with E-state index in [1.54, 1.807) is 0 Å². The highest BCUT2D eigenvalue weighted by atomic mass is 32.2. The molecule has 0 unspecified atom stereocenters. The molecule has 0 aliphatic carbocycles. The molecule has 0 rings (SSSR count). The molecule has 0 saturated carbocycles. The summed E-state index contributed by atoms with van der Waals surface area (Å²) >= 11 is 0. The van der Waals surface area contributed by atoms with Crippen LogP contribution >= 0.6 is 0 Å². The molecule has 0 aromatic rings. The maximum Gasteiger partial charge on any atom is 0.267 e. The van der Waals surface area contributed by atoms with Gasteiger partial charge in [0.05, 0.1) is 12.4 Å². The summed E-state index contributed by atoms with van der Waals surface area (Å²) in [7, 11) is -3.29. The lowest BCUT2D eigenvalue weighted by Crippen LogP contribution is -2.11. The van der Waals surface area contributed by atoms with Crippen molar-refractivity contribution in [2.45, 2.75) is 117 Å². The Bertz CT molecular complexity index is 345. The minimum Gasteiger partial charge on any atom is -0.344 e. The molecule has 0 radical (unpaired) electrons. The molecule has 4 nitrogen and oxygen atoms in total. The molecule has 0 spiro atoms. The third-order valence-corrected chi connectivity index (χ3v) is 5.82. The van der Waals surface area contributed by atoms with Gasteiger partial charge in [0.15, 0.2) is 0 Å². The first-order chi connectivity index (χ1) is 11.6. The Morgan fingerprint density at radius 2 is 0.920 bits per heavy atom. The van der Waals surface area contributed by atoms with Gasteiger partial charge in [0.1, 0.15) is 0 Å². The molecule has 0 saturated heterocycles. The first-order valence-electron chi connectivity index (χ1n) is 10.5. The van der Waals surface area contributed by atoms with Crippen LogP contribution in [0, 0.1) is 0 Å². The quantitative estimate of drug-likeness (QED) is 0.198. The minimum absolute atomic E-state index is 0. The zero-order valence-electron chi connectivity index (χ0n) is 17.1. The molecule has 25 heavy (non-hydrogen) atoms. The van der Waals surface area contributed by atoms with Crippen molar-refractivity contribution >= 4 is 10.1 Å². The molecule has 0 bridgehead atoms. The molecule has 0 heterocycles. The predicted octanol–water partition coefficient (Wildman–Crippen LogP) is 6.78. The van der Waals surface area contributed by atoms with Crippen LogP contribution in [0.2, 0.25) is 0 Å². The Balaban J connectivity index is 0. The van der Waals surface area contributed by atoms with Crippen LogP contribution in [0.15, 0.2) is 0 Å². The molecule has 5 heteroatoms. The maximum absolute atomic E-state index is 11.8. The zero-order chi connectivity index (χ0) is 17.9. The largest absolute Gasteiger partial charge is 0.344 e. The fourth-order valence-electron chi connectivity index (χ4n) is 2.89. The Labute approximate surface area is 158 Å². The van der Waals surface area contributed by atoms with Crippen molar-refractivity contribution in [2.75, 3.05) is 12.4 Å². The van der Waals surface area contributed by atoms with Crippen molar-refractivity contribution in [1.82, 2.24) is 6.15 Å². The zero-order valence-corrected chi connectivity index (χ0v) is 17.9. The summed E-state index contributed by atoms with van der Waals surface area (Å²) in [5.74, 6) is 0.193. The van der Waals surface area contributed by atoms with E-state index in [0.717, 1.165) is 32.1 Å². The minimum atomic E-state index is -3.29. The third kappa shape index (κ3) is 21.8. The van der Waals surface area contributed by atoms with Crippen LogP contribution in [-0.2, 0) is 14.3 Å². The smallest absolute Gasteiger partial charge is 0.267 e. The topological polar surface area (TPSA) is 78.4 Å². The summed E-state index contributed by atoms with van der Waals surface area (Å²) in [6.45, 7) is 4.82. The van der Waals surface area contributed by atoms with Crippen molar-refractivity contribution in [3.05, 3.63) is 0 Å². The van der Waals surface area contributed by atoms with Gasteiger partial charge in [0, 0.05) is 0 Å². The van der Waals surface area contributed by atoms with Gasteiger partial charge in [-0.15, -0.1) is 0 Å². The van der Waals surface area contributed by atoms with Crippen molar-refractivity contribution in [1.29, 1.82) is 0 Å². The molecule has 154 valence electrons. The summed E-state index contributed by atoms with van der Waals surface area (Å²) in [4.78, 5) is 0. The summed E-state index contributed by atoms with van der Waals surface area (Å²) in [6, 6.07) is 0. The molecule has 0 atom stereocenters. The molecule has 0 aromatic heterocycles. The van der Waals surface area contributed by atoms with Crippen LogP contribution in [0.25, 0.3) is 0 Å². The van der Waals surface area contributed by atoms with Gasteiger partial charge in [0.25, 0.3) is 10.1 Å². The van der Waals surface area contributed by atoms with Crippen LogP contribution in [0.5, 0.6) is 0 Å². The summed E-state index contributed by atoms with van der Waals surface area (Å²) in [5, 5.41) is 0. The fraction of sp³-hybridized carbons (Fsp3) is 1.00. The van der Waals surface area contributed by atoms with E-state index in [0.29, 0.717) is 6.61 Å². The van der Waals surface area contributed by atoms with Crippen molar-refractivity contribution in [2.24, 2.45) is 0 Å². The highest BCUT2D eigenvalue weighted by Crippen LogP contribution is 2.11. The SMILES string of the molecule is CCCCCCCCCCOS(=O)(=O)CCCCCCCCCC.N. The Morgan fingerprint density at radius 3 is 1.36 bits per heavy atom. The van der Waals surface area contributed by atoms with E-state index in [2.05, 4.69) is 13.8 Å². The summed E-state index contributed by atoms with van der Waals surface area (Å²) < 4.78 is 28.7. The van der Waals surface area contributed by atoms with E-state index in [-0.39, 0.29) is 11.9 Å². The number of rotatable bonds is 19. The molecule has 0 aliphatic rings. The van der Waals surface area contributed by atoms with E-state index in [4.69, 9.17) is 4.18 Å². The molecule has 0 fully saturated rings. The normalized spacial score (nSPS) is 11.4. The van der Waals surface area contributed by atoms with Crippen molar-refractivity contribution < 1.29 is 12.6 Å². The lowest BCUT2D eigenvalue weighted by molar-refractivity contribution is 0.305. The molecule has 0 amide bonds.